The van der Waals surface area contributed by atoms with Crippen LogP contribution in [-0.4, -0.2) is 46.6 Å². The second-order valence-corrected chi connectivity index (χ2v) is 4.53. The lowest BCUT2D eigenvalue weighted by molar-refractivity contribution is 0.0375. The third-order valence-corrected chi connectivity index (χ3v) is 3.21. The molecule has 4 N–H and O–H groups in total. The van der Waals surface area contributed by atoms with Crippen LogP contribution < -0.4 is 5.32 Å². The standard InChI is InChI=1S/C12H16ClNO4/c1-8-9(3-2-4-10(8)13)11(18)14-12(5-15,6-16)7-17/h2-4,15-17H,5-7H2,1H3,(H,14,18). The van der Waals surface area contributed by atoms with E-state index in [-0.39, 0.29) is 0 Å². The predicted octanol–water partition coefficient (Wildman–Crippen LogP) is 0.0939. The van der Waals surface area contributed by atoms with Crippen molar-refractivity contribution in [2.45, 2.75) is 12.5 Å². The molecular formula is C12H16ClNO4. The molecule has 6 heteroatoms. The molecule has 0 radical (unpaired) electrons. The lowest BCUT2D eigenvalue weighted by atomic mass is 10.0. The molecule has 1 rings (SSSR count). The summed E-state index contributed by atoms with van der Waals surface area (Å²) in [6, 6.07) is 4.86. The Morgan fingerprint density at radius 2 is 1.83 bits per heavy atom. The van der Waals surface area contributed by atoms with Crippen LogP contribution in [-0.2, 0) is 0 Å². The molecule has 1 aromatic carbocycles. The zero-order chi connectivity index (χ0) is 13.8. The zero-order valence-electron chi connectivity index (χ0n) is 9.98. The lowest BCUT2D eigenvalue weighted by Crippen LogP contribution is -2.57. The third kappa shape index (κ3) is 3.00. The fourth-order valence-corrected chi connectivity index (χ4v) is 1.60. The highest BCUT2D eigenvalue weighted by molar-refractivity contribution is 6.31. The summed E-state index contributed by atoms with van der Waals surface area (Å²) in [6.07, 6.45) is 0. The van der Waals surface area contributed by atoms with Crippen LogP contribution >= 0.6 is 11.6 Å². The van der Waals surface area contributed by atoms with Crippen molar-refractivity contribution in [1.82, 2.24) is 5.32 Å². The molecule has 0 aliphatic carbocycles. The predicted molar refractivity (Wildman–Crippen MR) is 67.6 cm³/mol. The molecule has 0 fully saturated rings. The van der Waals surface area contributed by atoms with Gasteiger partial charge in [-0.1, -0.05) is 17.7 Å². The molecule has 18 heavy (non-hydrogen) atoms. The van der Waals surface area contributed by atoms with Crippen molar-refractivity contribution in [1.29, 1.82) is 0 Å². The summed E-state index contributed by atoms with van der Waals surface area (Å²) in [7, 11) is 0. The maximum Gasteiger partial charge on any atom is 0.252 e. The number of halogens is 1. The summed E-state index contributed by atoms with van der Waals surface area (Å²) < 4.78 is 0. The van der Waals surface area contributed by atoms with Gasteiger partial charge in [-0.15, -0.1) is 0 Å². The Hall–Kier alpha value is -1.14. The van der Waals surface area contributed by atoms with Crippen LogP contribution in [0.4, 0.5) is 0 Å². The SMILES string of the molecule is Cc1c(Cl)cccc1C(=O)NC(CO)(CO)CO. The van der Waals surface area contributed by atoms with Crippen LogP contribution in [0.15, 0.2) is 18.2 Å². The molecule has 0 saturated carbocycles. The molecule has 0 atom stereocenters. The Morgan fingerprint density at radius 1 is 1.28 bits per heavy atom. The van der Waals surface area contributed by atoms with E-state index in [1.165, 1.54) is 0 Å². The quantitative estimate of drug-likeness (QED) is 0.612. The number of carbonyl (C=O) groups is 1. The fourth-order valence-electron chi connectivity index (χ4n) is 1.43. The van der Waals surface area contributed by atoms with Gasteiger partial charge in [0.1, 0.15) is 5.54 Å². The smallest absolute Gasteiger partial charge is 0.252 e. The van der Waals surface area contributed by atoms with Gasteiger partial charge in [-0.25, -0.2) is 0 Å². The number of amides is 1. The number of nitrogens with one attached hydrogen (secondary N) is 1. The fraction of sp³-hybridized carbons (Fsp3) is 0.417. The highest BCUT2D eigenvalue weighted by atomic mass is 35.5. The molecule has 0 aliphatic rings. The molecule has 0 bridgehead atoms. The molecule has 100 valence electrons. The van der Waals surface area contributed by atoms with E-state index in [9.17, 15) is 4.79 Å². The van der Waals surface area contributed by atoms with Crippen LogP contribution in [0.25, 0.3) is 0 Å². The number of rotatable bonds is 5. The first-order chi connectivity index (χ1) is 8.49. The highest BCUT2D eigenvalue weighted by Crippen LogP contribution is 2.19. The highest BCUT2D eigenvalue weighted by Gasteiger charge is 2.30. The number of aliphatic hydroxyl groups is 3. The molecule has 0 spiro atoms. The van der Waals surface area contributed by atoms with E-state index in [4.69, 9.17) is 26.9 Å². The van der Waals surface area contributed by atoms with Crippen molar-refractivity contribution in [3.8, 4) is 0 Å². The minimum atomic E-state index is -1.44. The number of hydrogen-bond acceptors (Lipinski definition) is 4. The minimum Gasteiger partial charge on any atom is -0.394 e. The third-order valence-electron chi connectivity index (χ3n) is 2.80. The van der Waals surface area contributed by atoms with Crippen LogP contribution in [0, 0.1) is 6.92 Å². The maximum absolute atomic E-state index is 12.0. The van der Waals surface area contributed by atoms with E-state index in [0.717, 1.165) is 0 Å². The van der Waals surface area contributed by atoms with Crippen LogP contribution in [0.5, 0.6) is 0 Å². The van der Waals surface area contributed by atoms with Crippen molar-refractivity contribution < 1.29 is 20.1 Å². The summed E-state index contributed by atoms with van der Waals surface area (Å²) in [6.45, 7) is -0.00216. The number of hydrogen-bond donors (Lipinski definition) is 4. The first-order valence-electron chi connectivity index (χ1n) is 5.40. The molecule has 0 aromatic heterocycles. The largest absolute Gasteiger partial charge is 0.394 e. The van der Waals surface area contributed by atoms with E-state index in [1.807, 2.05) is 0 Å². The normalized spacial score (nSPS) is 11.4. The molecule has 0 unspecified atom stereocenters. The Bertz CT molecular complexity index is 424. The molecular weight excluding hydrogens is 258 g/mol. The average Bonchev–Trinajstić information content (AvgIpc) is 2.39. The van der Waals surface area contributed by atoms with E-state index >= 15 is 0 Å². The van der Waals surface area contributed by atoms with Gasteiger partial charge in [0.25, 0.3) is 5.91 Å². The first kappa shape index (κ1) is 14.9. The van der Waals surface area contributed by atoms with Crippen molar-refractivity contribution in [2.75, 3.05) is 19.8 Å². The second kappa shape index (κ2) is 6.15. The van der Waals surface area contributed by atoms with Crippen molar-refractivity contribution in [3.63, 3.8) is 0 Å². The maximum atomic E-state index is 12.0. The molecule has 0 aliphatic heterocycles. The van der Waals surface area contributed by atoms with Crippen LogP contribution in [0.2, 0.25) is 5.02 Å². The van der Waals surface area contributed by atoms with Crippen molar-refractivity contribution in [2.24, 2.45) is 0 Å². The van der Waals surface area contributed by atoms with Crippen LogP contribution in [0.1, 0.15) is 15.9 Å². The van der Waals surface area contributed by atoms with Gasteiger partial charge in [0.2, 0.25) is 0 Å². The summed E-state index contributed by atoms with van der Waals surface area (Å²) in [5, 5.41) is 30.3. The Labute approximate surface area is 110 Å². The lowest BCUT2D eigenvalue weighted by Gasteiger charge is -2.29. The molecule has 1 amide bonds. The second-order valence-electron chi connectivity index (χ2n) is 4.12. The summed E-state index contributed by atoms with van der Waals surface area (Å²) in [5.41, 5.74) is -0.507. The van der Waals surface area contributed by atoms with E-state index < -0.39 is 31.3 Å². The van der Waals surface area contributed by atoms with Crippen molar-refractivity contribution in [3.05, 3.63) is 34.3 Å². The minimum absolute atomic E-state index is 0.335. The van der Waals surface area contributed by atoms with E-state index in [1.54, 1.807) is 25.1 Å². The van der Waals surface area contributed by atoms with Gasteiger partial charge < -0.3 is 20.6 Å². The summed E-state index contributed by atoms with van der Waals surface area (Å²) >= 11 is 5.90. The Balaban J connectivity index is 2.98. The summed E-state index contributed by atoms with van der Waals surface area (Å²) in [4.78, 5) is 12.0. The number of aliphatic hydroxyl groups excluding tert-OH is 3. The number of benzene rings is 1. The Morgan fingerprint density at radius 3 is 2.33 bits per heavy atom. The van der Waals surface area contributed by atoms with Gasteiger partial charge in [0, 0.05) is 10.6 Å². The van der Waals surface area contributed by atoms with Crippen molar-refractivity contribution >= 4 is 17.5 Å². The molecule has 1 aromatic rings. The number of carbonyl (C=O) groups excluding carboxylic acids is 1. The zero-order valence-corrected chi connectivity index (χ0v) is 10.7. The molecule has 5 nitrogen and oxygen atoms in total. The van der Waals surface area contributed by atoms with Gasteiger partial charge in [0.05, 0.1) is 19.8 Å². The van der Waals surface area contributed by atoms with Gasteiger partial charge in [-0.3, -0.25) is 4.79 Å². The van der Waals surface area contributed by atoms with Gasteiger partial charge in [0.15, 0.2) is 0 Å². The van der Waals surface area contributed by atoms with Gasteiger partial charge in [-0.05, 0) is 24.6 Å². The van der Waals surface area contributed by atoms with Gasteiger partial charge >= 0.3 is 0 Å². The molecule has 0 saturated heterocycles. The van der Waals surface area contributed by atoms with E-state index in [2.05, 4.69) is 5.32 Å². The van der Waals surface area contributed by atoms with Gasteiger partial charge in [-0.2, -0.15) is 0 Å². The van der Waals surface area contributed by atoms with Crippen LogP contribution in [0.3, 0.4) is 0 Å². The average molecular weight is 274 g/mol. The summed E-state index contributed by atoms with van der Waals surface area (Å²) in [5.74, 6) is -0.507. The monoisotopic (exact) mass is 273 g/mol. The Kier molecular flexibility index (Phi) is 5.10. The first-order valence-corrected chi connectivity index (χ1v) is 5.77. The topological polar surface area (TPSA) is 89.8 Å². The van der Waals surface area contributed by atoms with E-state index in [0.29, 0.717) is 16.1 Å². The molecule has 0 heterocycles.